The van der Waals surface area contributed by atoms with E-state index in [1.54, 1.807) is 0 Å². The Morgan fingerprint density at radius 1 is 0.833 bits per heavy atom. The molecule has 2 aromatic carbocycles. The third kappa shape index (κ3) is 6.78. The van der Waals surface area contributed by atoms with Gasteiger partial charge in [0.15, 0.2) is 5.78 Å². The number of hydrogen-bond acceptors (Lipinski definition) is 4. The lowest BCUT2D eigenvalue weighted by Crippen LogP contribution is -2.43. The molecular formula is C25H33N3O2. The van der Waals surface area contributed by atoms with E-state index in [2.05, 4.69) is 53.4 Å². The number of hydrogen-bond donors (Lipinski definition) is 1. The lowest BCUT2D eigenvalue weighted by Gasteiger charge is -2.32. The monoisotopic (exact) mass is 407 g/mol. The van der Waals surface area contributed by atoms with Crippen LogP contribution in [0, 0.1) is 0 Å². The molecule has 0 spiro atoms. The van der Waals surface area contributed by atoms with Gasteiger partial charge >= 0.3 is 0 Å². The molecule has 0 unspecified atom stereocenters. The average molecular weight is 408 g/mol. The van der Waals surface area contributed by atoms with Gasteiger partial charge in [0.05, 0.1) is 0 Å². The Balaban J connectivity index is 1.38. The first-order valence-electron chi connectivity index (χ1n) is 10.9. The summed E-state index contributed by atoms with van der Waals surface area (Å²) in [6, 6.07) is 16.1. The predicted octanol–water partition coefficient (Wildman–Crippen LogP) is 3.28. The molecule has 1 N–H and O–H groups in total. The summed E-state index contributed by atoms with van der Waals surface area (Å²) in [4.78, 5) is 29.2. The van der Waals surface area contributed by atoms with E-state index < -0.39 is 0 Å². The largest absolute Gasteiger partial charge is 0.352 e. The van der Waals surface area contributed by atoms with E-state index in [1.807, 2.05) is 24.3 Å². The van der Waals surface area contributed by atoms with Gasteiger partial charge in [-0.2, -0.15) is 0 Å². The van der Waals surface area contributed by atoms with E-state index in [9.17, 15) is 9.59 Å². The quantitative estimate of drug-likeness (QED) is 0.648. The molecule has 1 fully saturated rings. The van der Waals surface area contributed by atoms with Gasteiger partial charge in [-0.1, -0.05) is 55.5 Å². The Labute approximate surface area is 180 Å². The third-order valence-corrected chi connectivity index (χ3v) is 5.78. The van der Waals surface area contributed by atoms with Crippen LogP contribution in [-0.2, 0) is 24.3 Å². The van der Waals surface area contributed by atoms with Crippen LogP contribution in [0.4, 0.5) is 0 Å². The molecule has 3 rings (SSSR count). The Morgan fingerprint density at radius 2 is 1.43 bits per heavy atom. The van der Waals surface area contributed by atoms with Crippen molar-refractivity contribution in [2.75, 3.05) is 33.2 Å². The Bertz CT molecular complexity index is 822. The zero-order chi connectivity index (χ0) is 21.3. The second kappa shape index (κ2) is 11.0. The number of nitrogens with one attached hydrogen (secondary N) is 1. The zero-order valence-electron chi connectivity index (χ0n) is 18.2. The molecule has 160 valence electrons. The van der Waals surface area contributed by atoms with Crippen LogP contribution < -0.4 is 5.32 Å². The van der Waals surface area contributed by atoms with Gasteiger partial charge in [-0.05, 0) is 30.2 Å². The summed E-state index contributed by atoms with van der Waals surface area (Å²) in [5, 5.41) is 2.92. The molecule has 2 aromatic rings. The summed E-state index contributed by atoms with van der Waals surface area (Å²) in [7, 11) is 2.17. The molecule has 1 heterocycles. The topological polar surface area (TPSA) is 52.7 Å². The average Bonchev–Trinajstić information content (AvgIpc) is 2.78. The highest BCUT2D eigenvalue weighted by Gasteiger charge is 2.14. The van der Waals surface area contributed by atoms with Crippen LogP contribution in [0.15, 0.2) is 48.5 Å². The van der Waals surface area contributed by atoms with E-state index in [1.165, 1.54) is 11.1 Å². The van der Waals surface area contributed by atoms with Gasteiger partial charge in [-0.25, -0.2) is 0 Å². The number of Topliss-reactive ketones (excluding diaryl/α,β-unsaturated/α-hetero) is 1. The molecule has 1 aliphatic rings. The third-order valence-electron chi connectivity index (χ3n) is 5.78. The van der Waals surface area contributed by atoms with Crippen molar-refractivity contribution in [3.05, 3.63) is 70.8 Å². The molecule has 0 atom stereocenters. The smallest absolute Gasteiger partial charge is 0.220 e. The fourth-order valence-electron chi connectivity index (χ4n) is 3.61. The summed E-state index contributed by atoms with van der Waals surface area (Å²) in [5.41, 5.74) is 4.26. The molecule has 5 heteroatoms. The summed E-state index contributed by atoms with van der Waals surface area (Å²) in [5.74, 6) is -0.0731. The molecule has 0 radical (unpaired) electrons. The number of amides is 1. The maximum absolute atomic E-state index is 12.3. The van der Waals surface area contributed by atoms with Crippen molar-refractivity contribution < 1.29 is 9.59 Å². The molecule has 0 aliphatic carbocycles. The van der Waals surface area contributed by atoms with Gasteiger partial charge in [0, 0.05) is 57.7 Å². The van der Waals surface area contributed by atoms with Crippen LogP contribution in [-0.4, -0.2) is 54.7 Å². The molecule has 0 bridgehead atoms. The molecule has 5 nitrogen and oxygen atoms in total. The number of ketones is 1. The van der Waals surface area contributed by atoms with Crippen LogP contribution in [0.25, 0.3) is 0 Å². The van der Waals surface area contributed by atoms with Crippen molar-refractivity contribution in [3.63, 3.8) is 0 Å². The van der Waals surface area contributed by atoms with Crippen LogP contribution in [0.2, 0.25) is 0 Å². The minimum absolute atomic E-state index is 0.0149. The first-order valence-corrected chi connectivity index (χ1v) is 10.9. The Kier molecular flexibility index (Phi) is 8.17. The molecular weight excluding hydrogens is 374 g/mol. The van der Waals surface area contributed by atoms with Crippen molar-refractivity contribution in [3.8, 4) is 0 Å². The van der Waals surface area contributed by atoms with Gasteiger partial charge in [0.2, 0.25) is 5.91 Å². The molecule has 30 heavy (non-hydrogen) atoms. The van der Waals surface area contributed by atoms with Gasteiger partial charge in [0.1, 0.15) is 0 Å². The number of rotatable bonds is 9. The first kappa shape index (κ1) is 22.2. The molecule has 1 aliphatic heterocycles. The number of carbonyl (C=O) groups is 2. The predicted molar refractivity (Wildman–Crippen MR) is 120 cm³/mol. The maximum atomic E-state index is 12.3. The molecule has 1 amide bonds. The van der Waals surface area contributed by atoms with E-state index >= 15 is 0 Å². The number of piperazine rings is 1. The van der Waals surface area contributed by atoms with Crippen molar-refractivity contribution in [2.24, 2.45) is 0 Å². The Morgan fingerprint density at radius 3 is 2.07 bits per heavy atom. The Hall–Kier alpha value is -2.50. The molecule has 0 aromatic heterocycles. The van der Waals surface area contributed by atoms with Gasteiger partial charge in [0.25, 0.3) is 0 Å². The lowest BCUT2D eigenvalue weighted by molar-refractivity contribution is -0.121. The number of likely N-dealkylation sites (N-methyl/N-ethyl adjacent to an activating group) is 1. The highest BCUT2D eigenvalue weighted by molar-refractivity contribution is 5.97. The van der Waals surface area contributed by atoms with Crippen molar-refractivity contribution in [1.82, 2.24) is 15.1 Å². The normalized spacial score (nSPS) is 15.1. The molecule has 0 saturated carbocycles. The minimum atomic E-state index is -0.0879. The first-order chi connectivity index (χ1) is 14.5. The zero-order valence-corrected chi connectivity index (χ0v) is 18.2. The van der Waals surface area contributed by atoms with E-state index in [0.29, 0.717) is 12.1 Å². The van der Waals surface area contributed by atoms with Crippen LogP contribution in [0.3, 0.4) is 0 Å². The van der Waals surface area contributed by atoms with Crippen molar-refractivity contribution >= 4 is 11.7 Å². The summed E-state index contributed by atoms with van der Waals surface area (Å²) in [6.45, 7) is 8.01. The maximum Gasteiger partial charge on any atom is 0.220 e. The number of aryl methyl sites for hydroxylation is 1. The van der Waals surface area contributed by atoms with Crippen molar-refractivity contribution in [1.29, 1.82) is 0 Å². The van der Waals surface area contributed by atoms with Crippen LogP contribution in [0.5, 0.6) is 0 Å². The number of nitrogens with zero attached hydrogens (tertiary/aromatic N) is 2. The van der Waals surface area contributed by atoms with Gasteiger partial charge < -0.3 is 10.2 Å². The second-order valence-electron chi connectivity index (χ2n) is 8.15. The van der Waals surface area contributed by atoms with E-state index in [4.69, 9.17) is 0 Å². The lowest BCUT2D eigenvalue weighted by atomic mass is 10.0. The summed E-state index contributed by atoms with van der Waals surface area (Å²) < 4.78 is 0. The van der Waals surface area contributed by atoms with E-state index in [0.717, 1.165) is 44.7 Å². The molecule has 1 saturated heterocycles. The van der Waals surface area contributed by atoms with Gasteiger partial charge in [-0.3, -0.25) is 14.5 Å². The SMILES string of the molecule is CCc1ccc(C(=O)CCC(=O)NCc2ccc(CN3CCN(C)CC3)cc2)cc1. The van der Waals surface area contributed by atoms with E-state index in [-0.39, 0.29) is 24.5 Å². The fraction of sp³-hybridized carbons (Fsp3) is 0.440. The standard InChI is InChI=1S/C25H33N3O2/c1-3-20-8-10-23(11-9-20)24(29)12-13-25(30)26-18-21-4-6-22(7-5-21)19-28-16-14-27(2)15-17-28/h4-11H,3,12-19H2,1-2H3,(H,26,30). The summed E-state index contributed by atoms with van der Waals surface area (Å²) in [6.07, 6.45) is 1.41. The van der Waals surface area contributed by atoms with Crippen LogP contribution in [0.1, 0.15) is 46.8 Å². The van der Waals surface area contributed by atoms with Gasteiger partial charge in [-0.15, -0.1) is 0 Å². The highest BCUT2D eigenvalue weighted by Crippen LogP contribution is 2.11. The minimum Gasteiger partial charge on any atom is -0.352 e. The van der Waals surface area contributed by atoms with Crippen LogP contribution >= 0.6 is 0 Å². The second-order valence-corrected chi connectivity index (χ2v) is 8.15. The summed E-state index contributed by atoms with van der Waals surface area (Å²) >= 11 is 0. The number of carbonyl (C=O) groups excluding carboxylic acids is 2. The number of benzene rings is 2. The van der Waals surface area contributed by atoms with Crippen molar-refractivity contribution in [2.45, 2.75) is 39.3 Å². The fourth-order valence-corrected chi connectivity index (χ4v) is 3.61. The highest BCUT2D eigenvalue weighted by atomic mass is 16.2.